The van der Waals surface area contributed by atoms with E-state index in [1.807, 2.05) is 0 Å². The number of hydrogen-bond donors (Lipinski definition) is 1. The van der Waals surface area contributed by atoms with Gasteiger partial charge in [0.2, 0.25) is 0 Å². The second-order valence-corrected chi connectivity index (χ2v) is 5.30. The Morgan fingerprint density at radius 3 is 2.62 bits per heavy atom. The van der Waals surface area contributed by atoms with Crippen LogP contribution in [-0.2, 0) is 0 Å². The van der Waals surface area contributed by atoms with Crippen molar-refractivity contribution in [2.45, 2.75) is 52.2 Å². The Hall–Kier alpha value is -0.0800. The molecule has 1 rings (SSSR count). The second kappa shape index (κ2) is 3.97. The lowest BCUT2D eigenvalue weighted by atomic mass is 9.88. The molecule has 1 N–H and O–H groups in total. The molecule has 0 radical (unpaired) electrons. The first-order chi connectivity index (χ1) is 5.92. The maximum absolute atomic E-state index is 9.58. The zero-order chi connectivity index (χ0) is 10.1. The van der Waals surface area contributed by atoms with Gasteiger partial charge in [0.1, 0.15) is 0 Å². The van der Waals surface area contributed by atoms with Crippen molar-refractivity contribution in [1.29, 1.82) is 0 Å². The first kappa shape index (κ1) is 11.0. The molecule has 0 amide bonds. The van der Waals surface area contributed by atoms with E-state index < -0.39 is 0 Å². The fourth-order valence-corrected chi connectivity index (χ4v) is 2.03. The van der Waals surface area contributed by atoms with Crippen LogP contribution in [-0.4, -0.2) is 34.7 Å². The van der Waals surface area contributed by atoms with Crippen LogP contribution in [0.15, 0.2) is 0 Å². The predicted octanol–water partition coefficient (Wildman–Crippen LogP) is 1.88. The molecule has 1 atom stereocenters. The van der Waals surface area contributed by atoms with Crippen LogP contribution in [0, 0.1) is 5.92 Å². The van der Waals surface area contributed by atoms with Gasteiger partial charge in [0.25, 0.3) is 0 Å². The summed E-state index contributed by atoms with van der Waals surface area (Å²) in [6, 6.07) is 0. The van der Waals surface area contributed by atoms with Gasteiger partial charge >= 0.3 is 0 Å². The Morgan fingerprint density at radius 2 is 2.08 bits per heavy atom. The number of rotatable bonds is 2. The number of hydrogen-bond acceptors (Lipinski definition) is 2. The molecule has 2 heteroatoms. The number of β-amino-alcohol motifs (C(OH)–C–C–N with tert-alkyl or cyclic N) is 1. The van der Waals surface area contributed by atoms with E-state index in [0.717, 1.165) is 25.9 Å². The van der Waals surface area contributed by atoms with Gasteiger partial charge in [-0.2, -0.15) is 0 Å². The highest BCUT2D eigenvalue weighted by atomic mass is 16.3. The maximum Gasteiger partial charge on any atom is 0.0668 e. The smallest absolute Gasteiger partial charge is 0.0668 e. The molecule has 13 heavy (non-hydrogen) atoms. The first-order valence-corrected chi connectivity index (χ1v) is 5.35. The molecule has 1 aliphatic heterocycles. The summed E-state index contributed by atoms with van der Waals surface area (Å²) in [6.45, 7) is 11.0. The van der Waals surface area contributed by atoms with Crippen LogP contribution < -0.4 is 0 Å². The van der Waals surface area contributed by atoms with Crippen LogP contribution in [0.1, 0.15) is 40.5 Å². The first-order valence-electron chi connectivity index (χ1n) is 5.35. The zero-order valence-corrected chi connectivity index (χ0v) is 9.38. The zero-order valence-electron chi connectivity index (χ0n) is 9.38. The minimum absolute atomic E-state index is 0.105. The lowest BCUT2D eigenvalue weighted by Crippen LogP contribution is -2.53. The average Bonchev–Trinajstić information content (AvgIpc) is 1.97. The quantitative estimate of drug-likeness (QED) is 0.710. The van der Waals surface area contributed by atoms with Gasteiger partial charge in [0.15, 0.2) is 0 Å². The molecule has 1 fully saturated rings. The molecular weight excluding hydrogens is 162 g/mol. The summed E-state index contributed by atoms with van der Waals surface area (Å²) in [5.74, 6) is 0.685. The molecule has 0 aromatic heterocycles. The third kappa shape index (κ3) is 2.96. The van der Waals surface area contributed by atoms with Crippen molar-refractivity contribution < 1.29 is 5.11 Å². The number of aliphatic hydroxyl groups is 1. The molecular formula is C11H23NO. The fraction of sp³-hybridized carbons (Fsp3) is 1.00. The predicted molar refractivity (Wildman–Crippen MR) is 55.7 cm³/mol. The number of nitrogens with zero attached hydrogens (tertiary/aromatic N) is 1. The van der Waals surface area contributed by atoms with E-state index in [1.165, 1.54) is 0 Å². The Kier molecular flexibility index (Phi) is 3.36. The van der Waals surface area contributed by atoms with Crippen molar-refractivity contribution in [3.8, 4) is 0 Å². The van der Waals surface area contributed by atoms with E-state index in [1.54, 1.807) is 0 Å². The lowest BCUT2D eigenvalue weighted by Gasteiger charge is -2.45. The third-order valence-electron chi connectivity index (χ3n) is 2.96. The molecule has 0 saturated carbocycles. The molecule has 0 aromatic carbocycles. The number of piperidine rings is 1. The van der Waals surface area contributed by atoms with E-state index in [-0.39, 0.29) is 11.6 Å². The molecule has 0 aromatic rings. The monoisotopic (exact) mass is 185 g/mol. The van der Waals surface area contributed by atoms with Crippen molar-refractivity contribution in [3.05, 3.63) is 0 Å². The molecule has 1 unspecified atom stereocenters. The Balaban J connectivity index is 2.56. The minimum Gasteiger partial charge on any atom is -0.392 e. The molecule has 78 valence electrons. The lowest BCUT2D eigenvalue weighted by molar-refractivity contribution is -0.0105. The largest absolute Gasteiger partial charge is 0.392 e. The Labute approximate surface area is 81.9 Å². The molecule has 0 aliphatic carbocycles. The summed E-state index contributed by atoms with van der Waals surface area (Å²) in [6.07, 6.45) is 1.97. The molecule has 0 spiro atoms. The van der Waals surface area contributed by atoms with Gasteiger partial charge in [-0.25, -0.2) is 0 Å². The van der Waals surface area contributed by atoms with E-state index in [0.29, 0.717) is 5.92 Å². The fourth-order valence-electron chi connectivity index (χ4n) is 2.03. The van der Waals surface area contributed by atoms with Crippen LogP contribution in [0.4, 0.5) is 0 Å². The maximum atomic E-state index is 9.58. The van der Waals surface area contributed by atoms with Gasteiger partial charge in [0, 0.05) is 18.6 Å². The number of aliphatic hydroxyl groups excluding tert-OH is 1. The summed E-state index contributed by atoms with van der Waals surface area (Å²) >= 11 is 0. The summed E-state index contributed by atoms with van der Waals surface area (Å²) < 4.78 is 0. The molecule has 1 heterocycles. The Morgan fingerprint density at radius 1 is 1.46 bits per heavy atom. The van der Waals surface area contributed by atoms with Crippen LogP contribution >= 0.6 is 0 Å². The summed E-state index contributed by atoms with van der Waals surface area (Å²) in [5.41, 5.74) is 0.281. The van der Waals surface area contributed by atoms with E-state index in [2.05, 4.69) is 32.6 Å². The van der Waals surface area contributed by atoms with E-state index >= 15 is 0 Å². The third-order valence-corrected chi connectivity index (χ3v) is 2.96. The Bertz CT molecular complexity index is 163. The standard InChI is InChI=1S/C11H23NO/c1-9(2)7-12-8-10(13)5-6-11(12,3)4/h9-10,13H,5-8H2,1-4H3. The van der Waals surface area contributed by atoms with Crippen molar-refractivity contribution in [2.24, 2.45) is 5.92 Å². The minimum atomic E-state index is -0.105. The van der Waals surface area contributed by atoms with E-state index in [9.17, 15) is 5.11 Å². The van der Waals surface area contributed by atoms with Gasteiger partial charge in [-0.1, -0.05) is 13.8 Å². The molecule has 0 bridgehead atoms. The molecule has 1 aliphatic rings. The summed E-state index contributed by atoms with van der Waals surface area (Å²) in [7, 11) is 0. The van der Waals surface area contributed by atoms with Crippen LogP contribution in [0.2, 0.25) is 0 Å². The molecule has 1 saturated heterocycles. The van der Waals surface area contributed by atoms with Crippen molar-refractivity contribution >= 4 is 0 Å². The highest BCUT2D eigenvalue weighted by Gasteiger charge is 2.33. The second-order valence-electron chi connectivity index (χ2n) is 5.30. The van der Waals surface area contributed by atoms with Gasteiger partial charge in [-0.3, -0.25) is 4.90 Å². The van der Waals surface area contributed by atoms with Crippen molar-refractivity contribution in [2.75, 3.05) is 13.1 Å². The topological polar surface area (TPSA) is 23.5 Å². The van der Waals surface area contributed by atoms with Crippen LogP contribution in [0.3, 0.4) is 0 Å². The highest BCUT2D eigenvalue weighted by Crippen LogP contribution is 2.27. The van der Waals surface area contributed by atoms with Crippen molar-refractivity contribution in [1.82, 2.24) is 4.90 Å². The summed E-state index contributed by atoms with van der Waals surface area (Å²) in [5, 5.41) is 9.58. The SMILES string of the molecule is CC(C)CN1CC(O)CCC1(C)C. The molecule has 2 nitrogen and oxygen atoms in total. The van der Waals surface area contributed by atoms with E-state index in [4.69, 9.17) is 0 Å². The average molecular weight is 185 g/mol. The van der Waals surface area contributed by atoms with Gasteiger partial charge < -0.3 is 5.11 Å². The van der Waals surface area contributed by atoms with Gasteiger partial charge in [-0.05, 0) is 32.6 Å². The van der Waals surface area contributed by atoms with Gasteiger partial charge in [0.05, 0.1) is 6.10 Å². The van der Waals surface area contributed by atoms with Crippen LogP contribution in [0.25, 0.3) is 0 Å². The highest BCUT2D eigenvalue weighted by molar-refractivity contribution is 4.88. The normalized spacial score (nSPS) is 29.5. The number of likely N-dealkylation sites (tertiary alicyclic amines) is 1. The van der Waals surface area contributed by atoms with Crippen LogP contribution in [0.5, 0.6) is 0 Å². The van der Waals surface area contributed by atoms with Crippen molar-refractivity contribution in [3.63, 3.8) is 0 Å². The van der Waals surface area contributed by atoms with Gasteiger partial charge in [-0.15, -0.1) is 0 Å². The summed E-state index contributed by atoms with van der Waals surface area (Å²) in [4.78, 5) is 2.42.